The predicted molar refractivity (Wildman–Crippen MR) is 253 cm³/mol. The molecule has 12 atom stereocenters. The summed E-state index contributed by atoms with van der Waals surface area (Å²) in [5, 5.41) is 12.7. The van der Waals surface area contributed by atoms with Gasteiger partial charge in [0.25, 0.3) is 11.8 Å². The summed E-state index contributed by atoms with van der Waals surface area (Å²) in [6.45, 7) is 0.303. The van der Waals surface area contributed by atoms with Gasteiger partial charge in [0.1, 0.15) is 0 Å². The van der Waals surface area contributed by atoms with Crippen molar-refractivity contribution in [3.8, 4) is 0 Å². The lowest BCUT2D eigenvalue weighted by molar-refractivity contribution is -0.133. The number of carbonyl (C=O) groups is 6. The molecule has 5 aromatic rings. The molecule has 4 saturated carbocycles. The first-order valence-electron chi connectivity index (χ1n) is 24.1. The van der Waals surface area contributed by atoms with E-state index in [-0.39, 0.29) is 109 Å². The van der Waals surface area contributed by atoms with E-state index in [2.05, 4.69) is 62.6 Å². The number of rotatable bonds is 14. The maximum atomic E-state index is 14.2. The van der Waals surface area contributed by atoms with Gasteiger partial charge in [-0.15, -0.1) is 0 Å². The highest BCUT2D eigenvalue weighted by Gasteiger charge is 2.51. The van der Waals surface area contributed by atoms with Gasteiger partial charge < -0.3 is 31.1 Å². The molecule has 3 heterocycles. The lowest BCUT2D eigenvalue weighted by Crippen LogP contribution is -2.43. The molecular weight excluding hydrogens is 855 g/mol. The Bertz CT molecular complexity index is 2370. The van der Waals surface area contributed by atoms with Crippen LogP contribution in [0.15, 0.2) is 140 Å². The molecule has 13 nitrogen and oxygen atoms in total. The zero-order valence-electron chi connectivity index (χ0n) is 37.7. The summed E-state index contributed by atoms with van der Waals surface area (Å²) in [5.74, 6) is -3.83. The number of amides is 6. The first-order valence-corrected chi connectivity index (χ1v) is 24.1. The van der Waals surface area contributed by atoms with Gasteiger partial charge in [-0.3, -0.25) is 33.8 Å². The van der Waals surface area contributed by atoms with Crippen LogP contribution in [-0.4, -0.2) is 101 Å². The number of aromatic nitrogens is 1. The van der Waals surface area contributed by atoms with Crippen molar-refractivity contribution >= 4 is 35.4 Å². The molecule has 346 valence electrons. The second-order valence-electron chi connectivity index (χ2n) is 19.8. The van der Waals surface area contributed by atoms with Crippen LogP contribution in [0.1, 0.15) is 92.3 Å². The van der Waals surface area contributed by atoms with E-state index in [1.54, 1.807) is 40.3 Å². The monoisotopic (exact) mass is 909 g/mol. The van der Waals surface area contributed by atoms with Crippen molar-refractivity contribution in [3.05, 3.63) is 173 Å². The first kappa shape index (κ1) is 43.4. The Hall–Kier alpha value is -7.15. The minimum Gasteiger partial charge on any atom is -0.352 e. The number of nitrogens with one attached hydrogen (secondary N) is 4. The zero-order chi connectivity index (χ0) is 46.5. The quantitative estimate of drug-likeness (QED) is 0.120. The fraction of sp³-hybridized carbons (Fsp3) is 0.364. The van der Waals surface area contributed by atoms with Crippen LogP contribution in [0.5, 0.6) is 0 Å². The topological polar surface area (TPSA) is 170 Å². The number of nitrogens with zero attached hydrogens (tertiary/aromatic N) is 3. The number of pyridine rings is 1. The minimum atomic E-state index is -0.748. The highest BCUT2D eigenvalue weighted by Crippen LogP contribution is 2.44. The summed E-state index contributed by atoms with van der Waals surface area (Å²) in [6.07, 6.45) is 6.75. The van der Waals surface area contributed by atoms with Gasteiger partial charge in [0.2, 0.25) is 23.6 Å². The van der Waals surface area contributed by atoms with Gasteiger partial charge in [-0.05, 0) is 78.3 Å². The number of benzene rings is 4. The lowest BCUT2D eigenvalue weighted by atomic mass is 9.94. The summed E-state index contributed by atoms with van der Waals surface area (Å²) < 4.78 is 0. The van der Waals surface area contributed by atoms with Crippen LogP contribution < -0.4 is 21.3 Å². The van der Waals surface area contributed by atoms with Crippen molar-refractivity contribution in [2.75, 3.05) is 26.2 Å². The molecule has 0 bridgehead atoms. The molecule has 4 unspecified atom stereocenters. The Morgan fingerprint density at radius 1 is 0.382 bits per heavy atom. The molecule has 2 aliphatic heterocycles. The molecule has 6 aliphatic rings. The van der Waals surface area contributed by atoms with Gasteiger partial charge in [-0.2, -0.15) is 0 Å². The normalized spacial score (nSPS) is 29.6. The van der Waals surface area contributed by atoms with Gasteiger partial charge in [0.15, 0.2) is 0 Å². The van der Waals surface area contributed by atoms with E-state index in [1.807, 2.05) is 72.9 Å². The second-order valence-corrected chi connectivity index (χ2v) is 19.8. The van der Waals surface area contributed by atoms with Crippen molar-refractivity contribution in [2.24, 2.45) is 23.7 Å². The van der Waals surface area contributed by atoms with Crippen molar-refractivity contribution in [3.63, 3.8) is 0 Å². The fourth-order valence-electron chi connectivity index (χ4n) is 10.9. The van der Waals surface area contributed by atoms with E-state index in [4.69, 9.17) is 0 Å². The van der Waals surface area contributed by atoms with E-state index in [1.165, 1.54) is 0 Å². The van der Waals surface area contributed by atoms with E-state index >= 15 is 0 Å². The molecule has 4 aliphatic carbocycles. The summed E-state index contributed by atoms with van der Waals surface area (Å²) in [5.41, 5.74) is 5.17. The number of likely N-dealkylation sites (tertiary alicyclic amines) is 2. The van der Waals surface area contributed by atoms with Gasteiger partial charge in [-0.1, -0.05) is 97.1 Å². The fourth-order valence-corrected chi connectivity index (χ4v) is 10.9. The van der Waals surface area contributed by atoms with Crippen molar-refractivity contribution in [2.45, 2.75) is 73.5 Å². The third-order valence-electron chi connectivity index (χ3n) is 15.2. The minimum absolute atomic E-state index is 0.0348. The van der Waals surface area contributed by atoms with Crippen LogP contribution in [0.4, 0.5) is 0 Å². The molecule has 1 aromatic heterocycles. The molecule has 0 radical (unpaired) electrons. The summed E-state index contributed by atoms with van der Waals surface area (Å²) in [6, 6.07) is 40.2. The standard InChI is InChI=1S/C55H55N7O6/c63-50(57-46-23-38(46)32-11-4-1-5-12-32)42-28-61(29-43(42)51(64)58-47-24-39(47)33-13-6-2-7-14-33)54(67)35-18-20-36(21-19-35)55(68)62-30-44(52(65)59-48-25-40(48)34-15-8-3-9-16-34)45(31-62)53(66)60-49-26-41(49)37-17-10-22-56-27-37/h1-22,27,38-49H,23-26,28-31H2,(H,57,63)(H,58,64)(H,59,65)(H,60,66)/t38?,39?,40-,41-,42-,43-,44-,45-,46+,47?,48+,49?/m1/s1. The molecule has 13 heteroatoms. The van der Waals surface area contributed by atoms with Gasteiger partial charge in [0, 0.05) is 97.5 Å². The molecule has 4 N–H and O–H groups in total. The SMILES string of the molecule is O=C(NC1CC1c1ccccc1)[C@@H]1CN(C(=O)c2ccc(C(=O)N3C[C@@H](C(=O)NC4C[C@@H]4c4cccnc4)[C@H](C(=O)N[C@H]4C[C@@H]4c4ccccc4)C3)cc2)C[C@H]1C(=O)N[C@H]1CC1c1ccccc1. The van der Waals surface area contributed by atoms with Crippen LogP contribution >= 0.6 is 0 Å². The molecule has 6 fully saturated rings. The van der Waals surface area contributed by atoms with Crippen molar-refractivity contribution in [1.29, 1.82) is 0 Å². The second kappa shape index (κ2) is 18.2. The van der Waals surface area contributed by atoms with Gasteiger partial charge in [0.05, 0.1) is 23.7 Å². The van der Waals surface area contributed by atoms with Gasteiger partial charge in [-0.25, -0.2) is 0 Å². The summed E-state index contributed by atoms with van der Waals surface area (Å²) >= 11 is 0. The molecular formula is C55H55N7O6. The average molecular weight is 910 g/mol. The molecule has 0 spiro atoms. The third-order valence-corrected chi connectivity index (χ3v) is 15.2. The van der Waals surface area contributed by atoms with Gasteiger partial charge >= 0.3 is 0 Å². The smallest absolute Gasteiger partial charge is 0.253 e. The maximum Gasteiger partial charge on any atom is 0.253 e. The number of hydrogen-bond acceptors (Lipinski definition) is 7. The maximum absolute atomic E-state index is 14.2. The molecule has 6 amide bonds. The van der Waals surface area contributed by atoms with E-state index < -0.39 is 23.7 Å². The van der Waals surface area contributed by atoms with E-state index in [0.29, 0.717) is 11.1 Å². The highest BCUT2D eigenvalue weighted by molar-refractivity contribution is 6.00. The Kier molecular flexibility index (Phi) is 11.6. The largest absolute Gasteiger partial charge is 0.352 e. The van der Waals surface area contributed by atoms with Crippen LogP contribution in [-0.2, 0) is 19.2 Å². The summed E-state index contributed by atoms with van der Waals surface area (Å²) in [7, 11) is 0. The van der Waals surface area contributed by atoms with Crippen LogP contribution in [0, 0.1) is 23.7 Å². The number of hydrogen-bond donors (Lipinski definition) is 4. The first-order chi connectivity index (χ1) is 33.2. The van der Waals surface area contributed by atoms with Crippen LogP contribution in [0.2, 0.25) is 0 Å². The Labute approximate surface area is 395 Å². The molecule has 4 aromatic carbocycles. The lowest BCUT2D eigenvalue weighted by Gasteiger charge is -2.18. The average Bonchev–Trinajstić information content (AvgIpc) is 4.31. The Morgan fingerprint density at radius 2 is 0.676 bits per heavy atom. The molecule has 68 heavy (non-hydrogen) atoms. The van der Waals surface area contributed by atoms with Crippen molar-refractivity contribution < 1.29 is 28.8 Å². The zero-order valence-corrected chi connectivity index (χ0v) is 37.7. The summed E-state index contributed by atoms with van der Waals surface area (Å²) in [4.78, 5) is 91.7. The predicted octanol–water partition coefficient (Wildman–Crippen LogP) is 5.15. The van der Waals surface area contributed by atoms with E-state index in [0.717, 1.165) is 47.9 Å². The highest BCUT2D eigenvalue weighted by atomic mass is 16.2. The van der Waals surface area contributed by atoms with Crippen LogP contribution in [0.3, 0.4) is 0 Å². The Morgan fingerprint density at radius 3 is 0.971 bits per heavy atom. The molecule has 2 saturated heterocycles. The van der Waals surface area contributed by atoms with Crippen LogP contribution in [0.25, 0.3) is 0 Å². The molecule has 11 rings (SSSR count). The Balaban J connectivity index is 0.756. The van der Waals surface area contributed by atoms with E-state index in [9.17, 15) is 28.8 Å². The third kappa shape index (κ3) is 9.13. The van der Waals surface area contributed by atoms with Crippen molar-refractivity contribution in [1.82, 2.24) is 36.1 Å². The number of carbonyl (C=O) groups excluding carboxylic acids is 6.